The van der Waals surface area contributed by atoms with Gasteiger partial charge in [-0.1, -0.05) is 33.1 Å². The SMILES string of the molecule is CCCCC(CC)CNC(=O)c1sc2nccnc2c1N. The molecule has 0 saturated heterocycles. The molecule has 3 N–H and O–H groups in total. The number of nitrogens with one attached hydrogen (secondary N) is 1. The molecule has 0 spiro atoms. The first-order valence-corrected chi connectivity index (χ1v) is 8.26. The number of nitrogens with zero attached hydrogens (tertiary/aromatic N) is 2. The van der Waals surface area contributed by atoms with Crippen LogP contribution in [0, 0.1) is 5.92 Å². The van der Waals surface area contributed by atoms with Crippen LogP contribution in [0.25, 0.3) is 10.3 Å². The molecule has 2 aromatic heterocycles. The van der Waals surface area contributed by atoms with Crippen LogP contribution in [-0.4, -0.2) is 22.4 Å². The summed E-state index contributed by atoms with van der Waals surface area (Å²) in [4.78, 5) is 21.9. The van der Waals surface area contributed by atoms with Crippen molar-refractivity contribution in [3.63, 3.8) is 0 Å². The highest BCUT2D eigenvalue weighted by molar-refractivity contribution is 7.21. The number of fused-ring (bicyclic) bond motifs is 1. The van der Waals surface area contributed by atoms with Crippen molar-refractivity contribution >= 4 is 33.3 Å². The van der Waals surface area contributed by atoms with E-state index < -0.39 is 0 Å². The van der Waals surface area contributed by atoms with Crippen molar-refractivity contribution in [3.05, 3.63) is 17.3 Å². The lowest BCUT2D eigenvalue weighted by Crippen LogP contribution is -2.29. The monoisotopic (exact) mass is 306 g/mol. The van der Waals surface area contributed by atoms with Crippen molar-refractivity contribution in [1.29, 1.82) is 0 Å². The van der Waals surface area contributed by atoms with E-state index in [0.29, 0.717) is 33.4 Å². The van der Waals surface area contributed by atoms with Crippen molar-refractivity contribution in [1.82, 2.24) is 15.3 Å². The molecule has 0 aromatic carbocycles. The predicted molar refractivity (Wildman–Crippen MR) is 87.5 cm³/mol. The number of hydrogen-bond donors (Lipinski definition) is 2. The summed E-state index contributed by atoms with van der Waals surface area (Å²) in [7, 11) is 0. The first-order chi connectivity index (χ1) is 10.2. The molecule has 2 heterocycles. The van der Waals surface area contributed by atoms with Gasteiger partial charge in [0, 0.05) is 18.9 Å². The number of aromatic nitrogens is 2. The third-order valence-electron chi connectivity index (χ3n) is 3.66. The summed E-state index contributed by atoms with van der Waals surface area (Å²) in [6, 6.07) is 0. The maximum Gasteiger partial charge on any atom is 0.263 e. The number of unbranched alkanes of at least 4 members (excludes halogenated alkanes) is 1. The normalized spacial score (nSPS) is 12.5. The maximum absolute atomic E-state index is 12.3. The molecule has 2 rings (SSSR count). The van der Waals surface area contributed by atoms with E-state index >= 15 is 0 Å². The van der Waals surface area contributed by atoms with Crippen LogP contribution in [0.3, 0.4) is 0 Å². The van der Waals surface area contributed by atoms with Gasteiger partial charge in [0.25, 0.3) is 5.91 Å². The number of nitrogen functional groups attached to an aromatic ring is 1. The van der Waals surface area contributed by atoms with E-state index in [1.165, 1.54) is 24.2 Å². The van der Waals surface area contributed by atoms with E-state index in [4.69, 9.17) is 5.73 Å². The number of rotatable bonds is 7. The second-order valence-corrected chi connectivity index (χ2v) is 6.18. The molecule has 0 saturated carbocycles. The number of amides is 1. The quantitative estimate of drug-likeness (QED) is 0.823. The van der Waals surface area contributed by atoms with Gasteiger partial charge >= 0.3 is 0 Å². The molecular weight excluding hydrogens is 284 g/mol. The fourth-order valence-corrected chi connectivity index (χ4v) is 3.21. The van der Waals surface area contributed by atoms with Crippen molar-refractivity contribution in [2.45, 2.75) is 39.5 Å². The van der Waals surface area contributed by atoms with Gasteiger partial charge in [-0.25, -0.2) is 9.97 Å². The fourth-order valence-electron chi connectivity index (χ4n) is 2.27. The Bertz CT molecular complexity index is 611. The Balaban J connectivity index is 2.03. The lowest BCUT2D eigenvalue weighted by atomic mass is 9.99. The Morgan fingerprint density at radius 2 is 2.14 bits per heavy atom. The summed E-state index contributed by atoms with van der Waals surface area (Å²) < 4.78 is 0. The zero-order chi connectivity index (χ0) is 15.2. The smallest absolute Gasteiger partial charge is 0.263 e. The van der Waals surface area contributed by atoms with Gasteiger partial charge < -0.3 is 11.1 Å². The molecule has 0 aliphatic heterocycles. The Morgan fingerprint density at radius 3 is 2.81 bits per heavy atom. The Hall–Kier alpha value is -1.69. The molecular formula is C15H22N4OS. The summed E-state index contributed by atoms with van der Waals surface area (Å²) in [5, 5.41) is 3.00. The lowest BCUT2D eigenvalue weighted by Gasteiger charge is -2.14. The van der Waals surface area contributed by atoms with Gasteiger partial charge in [0.15, 0.2) is 0 Å². The second kappa shape index (κ2) is 7.36. The summed E-state index contributed by atoms with van der Waals surface area (Å²) in [6.45, 7) is 5.04. The van der Waals surface area contributed by atoms with Crippen LogP contribution in [0.4, 0.5) is 5.69 Å². The van der Waals surface area contributed by atoms with Crippen molar-refractivity contribution in [2.24, 2.45) is 5.92 Å². The predicted octanol–water partition coefficient (Wildman–Crippen LogP) is 3.22. The number of carbonyl (C=O) groups is 1. The number of anilines is 1. The fraction of sp³-hybridized carbons (Fsp3) is 0.533. The number of thiophene rings is 1. The molecule has 0 fully saturated rings. The topological polar surface area (TPSA) is 80.9 Å². The molecule has 114 valence electrons. The van der Waals surface area contributed by atoms with E-state index in [1.54, 1.807) is 12.4 Å². The standard InChI is InChI=1S/C15H22N4OS/c1-3-5-6-10(4-2)9-19-14(20)13-11(16)12-15(21-13)18-8-7-17-12/h7-8,10H,3-6,9,16H2,1-2H3,(H,19,20). The van der Waals surface area contributed by atoms with E-state index in [1.807, 2.05) is 0 Å². The molecule has 21 heavy (non-hydrogen) atoms. The van der Waals surface area contributed by atoms with Gasteiger partial charge in [-0.3, -0.25) is 4.79 Å². The molecule has 1 atom stereocenters. The summed E-state index contributed by atoms with van der Waals surface area (Å²) >= 11 is 1.30. The Kier molecular flexibility index (Phi) is 5.50. The van der Waals surface area contributed by atoms with Crippen LogP contribution in [-0.2, 0) is 0 Å². The molecule has 0 radical (unpaired) electrons. The van der Waals surface area contributed by atoms with Gasteiger partial charge in [0.1, 0.15) is 15.2 Å². The van der Waals surface area contributed by atoms with Crippen LogP contribution in [0.2, 0.25) is 0 Å². The average molecular weight is 306 g/mol. The van der Waals surface area contributed by atoms with E-state index in [0.717, 1.165) is 12.8 Å². The molecule has 2 aromatic rings. The minimum atomic E-state index is -0.118. The second-order valence-electron chi connectivity index (χ2n) is 5.18. The van der Waals surface area contributed by atoms with Crippen molar-refractivity contribution < 1.29 is 4.79 Å². The van der Waals surface area contributed by atoms with Crippen LogP contribution >= 0.6 is 11.3 Å². The highest BCUT2D eigenvalue weighted by Crippen LogP contribution is 2.30. The largest absolute Gasteiger partial charge is 0.396 e. The zero-order valence-electron chi connectivity index (χ0n) is 12.6. The molecule has 6 heteroatoms. The molecule has 0 aliphatic carbocycles. The Labute approximate surface area is 129 Å². The summed E-state index contributed by atoms with van der Waals surface area (Å²) in [6.07, 6.45) is 7.81. The first-order valence-electron chi connectivity index (χ1n) is 7.44. The summed E-state index contributed by atoms with van der Waals surface area (Å²) in [5.74, 6) is 0.410. The van der Waals surface area contributed by atoms with Crippen LogP contribution in [0.5, 0.6) is 0 Å². The summed E-state index contributed by atoms with van der Waals surface area (Å²) in [5.41, 5.74) is 7.06. The van der Waals surface area contributed by atoms with Gasteiger partial charge in [-0.15, -0.1) is 11.3 Å². The first kappa shape index (κ1) is 15.7. The van der Waals surface area contributed by atoms with Crippen molar-refractivity contribution in [3.8, 4) is 0 Å². The lowest BCUT2D eigenvalue weighted by molar-refractivity contribution is 0.0950. The Morgan fingerprint density at radius 1 is 1.38 bits per heavy atom. The highest BCUT2D eigenvalue weighted by Gasteiger charge is 2.18. The molecule has 0 aliphatic rings. The minimum absolute atomic E-state index is 0.118. The minimum Gasteiger partial charge on any atom is -0.396 e. The van der Waals surface area contributed by atoms with Crippen molar-refractivity contribution in [2.75, 3.05) is 12.3 Å². The average Bonchev–Trinajstić information content (AvgIpc) is 2.85. The molecule has 0 bridgehead atoms. The van der Waals surface area contributed by atoms with Crippen LogP contribution in [0.15, 0.2) is 12.4 Å². The van der Waals surface area contributed by atoms with E-state index in [-0.39, 0.29) is 5.91 Å². The maximum atomic E-state index is 12.3. The number of hydrogen-bond acceptors (Lipinski definition) is 5. The third-order valence-corrected chi connectivity index (χ3v) is 4.77. The van der Waals surface area contributed by atoms with Crippen LogP contribution < -0.4 is 11.1 Å². The number of carbonyl (C=O) groups excluding carboxylic acids is 1. The van der Waals surface area contributed by atoms with Crippen LogP contribution in [0.1, 0.15) is 49.2 Å². The molecule has 5 nitrogen and oxygen atoms in total. The van der Waals surface area contributed by atoms with Gasteiger partial charge in [-0.05, 0) is 12.3 Å². The van der Waals surface area contributed by atoms with E-state index in [9.17, 15) is 4.79 Å². The van der Waals surface area contributed by atoms with Gasteiger partial charge in [0.05, 0.1) is 5.69 Å². The number of nitrogens with two attached hydrogens (primary N) is 1. The zero-order valence-corrected chi connectivity index (χ0v) is 13.4. The molecule has 1 unspecified atom stereocenters. The van der Waals surface area contributed by atoms with Gasteiger partial charge in [-0.2, -0.15) is 0 Å². The van der Waals surface area contributed by atoms with E-state index in [2.05, 4.69) is 29.1 Å². The molecule has 1 amide bonds. The highest BCUT2D eigenvalue weighted by atomic mass is 32.1. The third kappa shape index (κ3) is 3.69. The van der Waals surface area contributed by atoms with Gasteiger partial charge in [0.2, 0.25) is 0 Å².